The molecule has 0 saturated heterocycles. The molecule has 0 aliphatic heterocycles. The highest BCUT2D eigenvalue weighted by Crippen LogP contribution is 2.04. The van der Waals surface area contributed by atoms with E-state index in [0.29, 0.717) is 5.56 Å². The van der Waals surface area contributed by atoms with Gasteiger partial charge in [-0.3, -0.25) is 0 Å². The lowest BCUT2D eigenvalue weighted by atomic mass is 10.2. The molecule has 0 aliphatic carbocycles. The molecule has 0 unspecified atom stereocenters. The highest BCUT2D eigenvalue weighted by molar-refractivity contribution is 14.1. The Labute approximate surface area is 67.5 Å². The van der Waals surface area contributed by atoms with Crippen LogP contribution in [0.1, 0.15) is 5.56 Å². The lowest BCUT2D eigenvalue weighted by Crippen LogP contribution is -1.73. The summed E-state index contributed by atoms with van der Waals surface area (Å²) >= 11 is 2.16. The second kappa shape index (κ2) is 2.83. The maximum Gasteiger partial charge on any atom is 0.0998 e. The zero-order chi connectivity index (χ0) is 6.69. The molecule has 0 saturated carbocycles. The first-order valence-corrected chi connectivity index (χ1v) is 3.48. The minimum Gasteiger partial charge on any atom is -0.192 e. The molecular weight excluding hydrogens is 225 g/mol. The molecule has 0 bridgehead atoms. The normalized spacial score (nSPS) is 8.44. The minimum atomic E-state index is 0.599. The maximum absolute atomic E-state index is 8.38. The molecule has 2 heteroatoms. The first kappa shape index (κ1) is 6.56. The van der Waals surface area contributed by atoms with E-state index in [1.54, 1.807) is 12.1 Å². The van der Waals surface area contributed by atoms with Crippen LogP contribution in [0.5, 0.6) is 0 Å². The van der Waals surface area contributed by atoms with Gasteiger partial charge in [-0.15, -0.1) is 0 Å². The molecule has 0 atom stereocenters. The second-order valence-electron chi connectivity index (χ2n) is 1.53. The molecule has 1 rings (SSSR count). The highest BCUT2D eigenvalue weighted by atomic mass is 127. The average molecular weight is 228 g/mol. The first-order chi connectivity index (χ1) is 4.33. The van der Waals surface area contributed by atoms with Gasteiger partial charge in [0.15, 0.2) is 0 Å². The number of benzene rings is 1. The van der Waals surface area contributed by atoms with Crippen molar-refractivity contribution in [3.63, 3.8) is 0 Å². The van der Waals surface area contributed by atoms with Crippen molar-refractivity contribution < 1.29 is 0 Å². The van der Waals surface area contributed by atoms with E-state index >= 15 is 0 Å². The van der Waals surface area contributed by atoms with Crippen LogP contribution in [-0.2, 0) is 0 Å². The summed E-state index contributed by atoms with van der Waals surface area (Å²) in [6, 6.07) is 10.2. The summed E-state index contributed by atoms with van der Waals surface area (Å²) in [4.78, 5) is 0. The number of hydrogen-bond acceptors (Lipinski definition) is 1. The van der Waals surface area contributed by atoms with Gasteiger partial charge in [-0.2, -0.15) is 5.26 Å². The van der Waals surface area contributed by atoms with E-state index in [4.69, 9.17) is 5.26 Å². The summed E-state index contributed by atoms with van der Waals surface area (Å²) in [7, 11) is 0. The SMILES string of the molecule is N#Cc1[c]ccc(I)c1. The molecule has 0 fully saturated rings. The van der Waals surface area contributed by atoms with E-state index in [2.05, 4.69) is 28.7 Å². The average Bonchev–Trinajstić information content (AvgIpc) is 1.88. The fourth-order valence-electron chi connectivity index (χ4n) is 0.503. The van der Waals surface area contributed by atoms with Gasteiger partial charge in [-0.05, 0) is 34.7 Å². The summed E-state index contributed by atoms with van der Waals surface area (Å²) in [5.41, 5.74) is 0.599. The molecule has 43 valence electrons. The van der Waals surface area contributed by atoms with E-state index in [1.807, 2.05) is 12.1 Å². The molecule has 1 radical (unpaired) electrons. The fraction of sp³-hybridized carbons (Fsp3) is 0. The van der Waals surface area contributed by atoms with Gasteiger partial charge in [0.1, 0.15) is 0 Å². The quantitative estimate of drug-likeness (QED) is 0.622. The summed E-state index contributed by atoms with van der Waals surface area (Å²) in [6.45, 7) is 0. The van der Waals surface area contributed by atoms with Crippen LogP contribution in [0.25, 0.3) is 0 Å². The molecular formula is C7H3IN. The van der Waals surface area contributed by atoms with Crippen LogP contribution >= 0.6 is 22.6 Å². The Morgan fingerprint density at radius 2 is 2.44 bits per heavy atom. The van der Waals surface area contributed by atoms with Gasteiger partial charge in [0.25, 0.3) is 0 Å². The van der Waals surface area contributed by atoms with Crippen LogP contribution in [0.15, 0.2) is 18.2 Å². The van der Waals surface area contributed by atoms with Crippen LogP contribution < -0.4 is 0 Å². The van der Waals surface area contributed by atoms with Crippen molar-refractivity contribution in [3.8, 4) is 6.07 Å². The van der Waals surface area contributed by atoms with E-state index in [0.717, 1.165) is 3.57 Å². The zero-order valence-corrected chi connectivity index (χ0v) is 6.71. The van der Waals surface area contributed by atoms with Crippen LogP contribution in [0.4, 0.5) is 0 Å². The Morgan fingerprint density at radius 1 is 1.67 bits per heavy atom. The van der Waals surface area contributed by atoms with Gasteiger partial charge in [0.05, 0.1) is 11.6 Å². The first-order valence-electron chi connectivity index (χ1n) is 2.40. The fourth-order valence-corrected chi connectivity index (χ4v) is 0.994. The van der Waals surface area contributed by atoms with Crippen molar-refractivity contribution in [2.24, 2.45) is 0 Å². The van der Waals surface area contributed by atoms with Crippen molar-refractivity contribution in [2.75, 3.05) is 0 Å². The number of rotatable bonds is 0. The minimum absolute atomic E-state index is 0.599. The predicted octanol–water partition coefficient (Wildman–Crippen LogP) is 1.96. The molecule has 9 heavy (non-hydrogen) atoms. The number of nitriles is 1. The number of nitrogens with zero attached hydrogens (tertiary/aromatic N) is 1. The van der Waals surface area contributed by atoms with Gasteiger partial charge < -0.3 is 0 Å². The van der Waals surface area contributed by atoms with E-state index in [1.165, 1.54) is 0 Å². The predicted molar refractivity (Wildman–Crippen MR) is 42.7 cm³/mol. The Kier molecular flexibility index (Phi) is 2.06. The van der Waals surface area contributed by atoms with Gasteiger partial charge in [0, 0.05) is 9.64 Å². The highest BCUT2D eigenvalue weighted by Gasteiger charge is 1.88. The van der Waals surface area contributed by atoms with Gasteiger partial charge in [0.2, 0.25) is 0 Å². The summed E-state index contributed by atoms with van der Waals surface area (Å²) in [5.74, 6) is 0. The molecule has 0 aliphatic rings. The van der Waals surface area contributed by atoms with Gasteiger partial charge in [-0.25, -0.2) is 0 Å². The third-order valence-corrected chi connectivity index (χ3v) is 1.56. The third-order valence-electron chi connectivity index (χ3n) is 0.884. The van der Waals surface area contributed by atoms with Crippen LogP contribution in [0.2, 0.25) is 0 Å². The summed E-state index contributed by atoms with van der Waals surface area (Å²) < 4.78 is 1.07. The Bertz CT molecular complexity index is 249. The Morgan fingerprint density at radius 3 is 2.89 bits per heavy atom. The Balaban J connectivity index is 3.12. The van der Waals surface area contributed by atoms with Crippen molar-refractivity contribution in [1.29, 1.82) is 5.26 Å². The number of hydrogen-bond donors (Lipinski definition) is 0. The molecule has 0 heterocycles. The lowest BCUT2D eigenvalue weighted by Gasteiger charge is -1.86. The molecule has 0 aromatic heterocycles. The molecule has 0 amide bonds. The lowest BCUT2D eigenvalue weighted by molar-refractivity contribution is 1.47. The topological polar surface area (TPSA) is 23.8 Å². The van der Waals surface area contributed by atoms with Gasteiger partial charge >= 0.3 is 0 Å². The van der Waals surface area contributed by atoms with Crippen LogP contribution in [-0.4, -0.2) is 0 Å². The summed E-state index contributed by atoms with van der Waals surface area (Å²) in [5, 5.41) is 8.38. The molecule has 1 aromatic rings. The van der Waals surface area contributed by atoms with Crippen LogP contribution in [0.3, 0.4) is 0 Å². The zero-order valence-electron chi connectivity index (χ0n) is 4.56. The maximum atomic E-state index is 8.38. The monoisotopic (exact) mass is 228 g/mol. The van der Waals surface area contributed by atoms with Crippen molar-refractivity contribution in [2.45, 2.75) is 0 Å². The van der Waals surface area contributed by atoms with Crippen molar-refractivity contribution in [1.82, 2.24) is 0 Å². The molecule has 0 N–H and O–H groups in total. The smallest absolute Gasteiger partial charge is 0.0998 e. The third kappa shape index (κ3) is 1.68. The standard InChI is InChI=1S/C7H3IN/c8-7-3-1-2-6(4-7)5-9/h1,3-4H. The van der Waals surface area contributed by atoms with Crippen molar-refractivity contribution in [3.05, 3.63) is 33.4 Å². The van der Waals surface area contributed by atoms with E-state index in [9.17, 15) is 0 Å². The molecule has 1 aromatic carbocycles. The van der Waals surface area contributed by atoms with Crippen LogP contribution in [0, 0.1) is 21.0 Å². The molecule has 0 spiro atoms. The largest absolute Gasteiger partial charge is 0.192 e. The van der Waals surface area contributed by atoms with Crippen molar-refractivity contribution >= 4 is 22.6 Å². The summed E-state index contributed by atoms with van der Waals surface area (Å²) in [6.07, 6.45) is 0. The molecule has 1 nitrogen and oxygen atoms in total. The Hall–Kier alpha value is -0.560. The number of halogens is 1. The second-order valence-corrected chi connectivity index (χ2v) is 2.78. The van der Waals surface area contributed by atoms with Gasteiger partial charge in [-0.1, -0.05) is 6.07 Å². The van der Waals surface area contributed by atoms with E-state index < -0.39 is 0 Å². The van der Waals surface area contributed by atoms with E-state index in [-0.39, 0.29) is 0 Å².